The fourth-order valence-corrected chi connectivity index (χ4v) is 7.50. The first-order valence-electron chi connectivity index (χ1n) is 14.3. The number of rotatable bonds is 7. The van der Waals surface area contributed by atoms with Gasteiger partial charge in [-0.3, -0.25) is 14.6 Å². The van der Waals surface area contributed by atoms with Crippen LogP contribution < -0.4 is 25.6 Å². The Hall–Kier alpha value is -4.06. The summed E-state index contributed by atoms with van der Waals surface area (Å²) < 4.78 is 27.8. The maximum atomic E-state index is 13.4. The Morgan fingerprint density at radius 3 is 2.59 bits per heavy atom. The van der Waals surface area contributed by atoms with Crippen molar-refractivity contribution < 1.29 is 14.0 Å². The van der Waals surface area contributed by atoms with E-state index in [4.69, 9.17) is 14.5 Å². The van der Waals surface area contributed by atoms with Gasteiger partial charge in [-0.1, -0.05) is 0 Å². The van der Waals surface area contributed by atoms with Gasteiger partial charge in [-0.05, 0) is 47.5 Å². The van der Waals surface area contributed by atoms with E-state index in [1.165, 1.54) is 0 Å². The van der Waals surface area contributed by atoms with Gasteiger partial charge >= 0.3 is 0 Å². The standard InChI is InChI=1S/C30H31BrN9O3P/c1-39-17-18(15-35-39)20-14-24(27-19(6-11-43-27)26(20)40-9-12-42-13-10-40)37-30-34-16-21(31)29(38-30)36-23-5-4-22-25(33-8-7-32-22)28(23)44(2,3)41/h4-5,7-8,14-17H,6,9-13H2,1-3H3,(H2,34,36,37,38). The van der Waals surface area contributed by atoms with Crippen molar-refractivity contribution in [1.29, 1.82) is 0 Å². The van der Waals surface area contributed by atoms with Crippen molar-refractivity contribution in [1.82, 2.24) is 29.7 Å². The van der Waals surface area contributed by atoms with Crippen LogP contribution in [0.3, 0.4) is 0 Å². The molecule has 2 aliphatic heterocycles. The van der Waals surface area contributed by atoms with Crippen LogP contribution in [0, 0.1) is 0 Å². The molecule has 12 nitrogen and oxygen atoms in total. The number of morpholine rings is 1. The lowest BCUT2D eigenvalue weighted by molar-refractivity contribution is 0.122. The molecule has 0 bridgehead atoms. The molecule has 1 saturated heterocycles. The lowest BCUT2D eigenvalue weighted by Crippen LogP contribution is -2.37. The van der Waals surface area contributed by atoms with Crippen molar-refractivity contribution in [3.05, 3.63) is 59.2 Å². The number of hydrogen-bond donors (Lipinski definition) is 2. The lowest BCUT2D eigenvalue weighted by Gasteiger charge is -2.32. The molecule has 44 heavy (non-hydrogen) atoms. The first-order valence-corrected chi connectivity index (χ1v) is 17.7. The van der Waals surface area contributed by atoms with Gasteiger partial charge in [-0.2, -0.15) is 10.1 Å². The molecule has 14 heteroatoms. The highest BCUT2D eigenvalue weighted by Gasteiger charge is 2.29. The summed E-state index contributed by atoms with van der Waals surface area (Å²) in [7, 11) is -0.836. The minimum Gasteiger partial charge on any atom is -0.491 e. The number of nitrogens with zero attached hydrogens (tertiary/aromatic N) is 7. The summed E-state index contributed by atoms with van der Waals surface area (Å²) in [5, 5.41) is 11.9. The molecule has 5 aromatic rings. The molecule has 2 aromatic carbocycles. The minimum atomic E-state index is -2.75. The molecule has 0 aliphatic carbocycles. The van der Waals surface area contributed by atoms with Crippen molar-refractivity contribution in [3.8, 4) is 16.9 Å². The Morgan fingerprint density at radius 2 is 1.82 bits per heavy atom. The molecule has 226 valence electrons. The largest absolute Gasteiger partial charge is 0.491 e. The van der Waals surface area contributed by atoms with Crippen LogP contribution >= 0.6 is 23.1 Å². The maximum Gasteiger partial charge on any atom is 0.229 e. The second kappa shape index (κ2) is 11.5. The van der Waals surface area contributed by atoms with Gasteiger partial charge in [0.1, 0.15) is 24.2 Å². The van der Waals surface area contributed by atoms with Gasteiger partial charge in [-0.15, -0.1) is 0 Å². The summed E-state index contributed by atoms with van der Waals surface area (Å²) >= 11 is 3.58. The van der Waals surface area contributed by atoms with Crippen molar-refractivity contribution in [2.75, 3.05) is 61.8 Å². The fourth-order valence-electron chi connectivity index (χ4n) is 5.82. The predicted molar refractivity (Wildman–Crippen MR) is 176 cm³/mol. The third-order valence-corrected chi connectivity index (χ3v) is 9.80. The summed E-state index contributed by atoms with van der Waals surface area (Å²) in [6.07, 6.45) is 9.62. The van der Waals surface area contributed by atoms with Crippen LogP contribution in [0.4, 0.5) is 28.8 Å². The van der Waals surface area contributed by atoms with E-state index in [0.29, 0.717) is 58.1 Å². The van der Waals surface area contributed by atoms with Gasteiger partial charge < -0.3 is 29.6 Å². The zero-order valence-corrected chi connectivity index (χ0v) is 27.0. The molecule has 0 atom stereocenters. The molecule has 7 rings (SSSR count). The molecule has 3 aromatic heterocycles. The van der Waals surface area contributed by atoms with Crippen LogP contribution in [0.1, 0.15) is 5.56 Å². The highest BCUT2D eigenvalue weighted by molar-refractivity contribution is 9.10. The normalized spacial score (nSPS) is 14.9. The third kappa shape index (κ3) is 5.40. The van der Waals surface area contributed by atoms with Crippen LogP contribution in [0.25, 0.3) is 22.2 Å². The van der Waals surface area contributed by atoms with Crippen LogP contribution in [-0.4, -0.2) is 76.0 Å². The Bertz CT molecular complexity index is 1940. The first kappa shape index (κ1) is 28.7. The van der Waals surface area contributed by atoms with Gasteiger partial charge in [0, 0.05) is 68.0 Å². The number of ether oxygens (including phenoxy) is 2. The van der Waals surface area contributed by atoms with E-state index in [0.717, 1.165) is 53.3 Å². The number of anilines is 5. The van der Waals surface area contributed by atoms with Crippen molar-refractivity contribution in [2.45, 2.75) is 6.42 Å². The molecule has 2 N–H and O–H groups in total. The van der Waals surface area contributed by atoms with Crippen molar-refractivity contribution >= 4 is 68.2 Å². The summed E-state index contributed by atoms with van der Waals surface area (Å²) in [6, 6.07) is 5.81. The van der Waals surface area contributed by atoms with Crippen LogP contribution in [0.5, 0.6) is 5.75 Å². The smallest absolute Gasteiger partial charge is 0.229 e. The molecular weight excluding hydrogens is 645 g/mol. The quantitative estimate of drug-likeness (QED) is 0.224. The number of benzene rings is 2. The topological polar surface area (TPSA) is 132 Å². The Balaban J connectivity index is 1.28. The minimum absolute atomic E-state index is 0.378. The van der Waals surface area contributed by atoms with Gasteiger partial charge in [0.2, 0.25) is 5.95 Å². The summed E-state index contributed by atoms with van der Waals surface area (Å²) in [4.78, 5) is 20.6. The monoisotopic (exact) mass is 675 g/mol. The van der Waals surface area contributed by atoms with Crippen LogP contribution in [-0.2, 0) is 22.8 Å². The summed E-state index contributed by atoms with van der Waals surface area (Å²) in [5.74, 6) is 1.69. The maximum absolute atomic E-state index is 13.4. The average molecular weight is 677 g/mol. The number of fused-ring (bicyclic) bond motifs is 2. The molecule has 0 saturated carbocycles. The highest BCUT2D eigenvalue weighted by atomic mass is 79.9. The van der Waals surface area contributed by atoms with E-state index in [2.05, 4.69) is 57.6 Å². The second-order valence-corrected chi connectivity index (χ2v) is 15.1. The summed E-state index contributed by atoms with van der Waals surface area (Å²) in [5.41, 5.74) is 7.09. The van der Waals surface area contributed by atoms with E-state index in [-0.39, 0.29) is 0 Å². The average Bonchev–Trinajstić information content (AvgIpc) is 3.68. The number of aryl methyl sites for hydroxylation is 1. The van der Waals surface area contributed by atoms with E-state index in [9.17, 15) is 4.57 Å². The SMILES string of the molecule is Cn1cc(-c2cc(Nc3ncc(Br)c(Nc4ccc5nccnc5c4P(C)(C)=O)n3)c3c(c2N2CCOCC2)CCO3)cn1. The third-order valence-electron chi connectivity index (χ3n) is 7.69. The number of aromatic nitrogens is 6. The van der Waals surface area contributed by atoms with E-state index < -0.39 is 7.14 Å². The number of halogens is 1. The fraction of sp³-hybridized carbons (Fsp3) is 0.300. The van der Waals surface area contributed by atoms with Crippen molar-refractivity contribution in [3.63, 3.8) is 0 Å². The number of nitrogens with one attached hydrogen (secondary N) is 2. The molecule has 0 unspecified atom stereocenters. The van der Waals surface area contributed by atoms with Gasteiger partial charge in [0.25, 0.3) is 0 Å². The molecule has 0 radical (unpaired) electrons. The molecule has 1 fully saturated rings. The highest BCUT2D eigenvalue weighted by Crippen LogP contribution is 2.47. The Kier molecular flexibility index (Phi) is 7.47. The van der Waals surface area contributed by atoms with Gasteiger partial charge in [0.05, 0.1) is 58.4 Å². The molecule has 5 heterocycles. The number of hydrogen-bond acceptors (Lipinski definition) is 11. The van der Waals surface area contributed by atoms with E-state index >= 15 is 0 Å². The molecule has 0 spiro atoms. The zero-order chi connectivity index (χ0) is 30.4. The predicted octanol–water partition coefficient (Wildman–Crippen LogP) is 5.09. The van der Waals surface area contributed by atoms with Gasteiger partial charge in [-0.25, -0.2) is 4.98 Å². The summed E-state index contributed by atoms with van der Waals surface area (Å²) in [6.45, 7) is 7.02. The van der Waals surface area contributed by atoms with E-state index in [1.807, 2.05) is 36.3 Å². The zero-order valence-electron chi connectivity index (χ0n) is 24.5. The molecular formula is C30H31BrN9O3P. The second-order valence-electron chi connectivity index (χ2n) is 11.1. The Labute approximate surface area is 262 Å². The van der Waals surface area contributed by atoms with Crippen molar-refractivity contribution in [2.24, 2.45) is 7.05 Å². The first-order chi connectivity index (χ1) is 21.3. The molecule has 2 aliphatic rings. The van der Waals surface area contributed by atoms with E-state index in [1.54, 1.807) is 31.9 Å². The van der Waals surface area contributed by atoms with Crippen LogP contribution in [0.15, 0.2) is 53.7 Å². The lowest BCUT2D eigenvalue weighted by atomic mass is 9.97. The van der Waals surface area contributed by atoms with Gasteiger partial charge in [0.15, 0.2) is 0 Å². The Morgan fingerprint density at radius 1 is 1.00 bits per heavy atom. The molecule has 0 amide bonds. The van der Waals surface area contributed by atoms with Crippen LogP contribution in [0.2, 0.25) is 0 Å².